The SMILES string of the molecule is Cc1csc2c(NCC(C)(C)C(C)C)ncnc12. The molecule has 0 amide bonds. The monoisotopic (exact) mass is 263 g/mol. The molecular weight excluding hydrogens is 242 g/mol. The van der Waals surface area contributed by atoms with Crippen LogP contribution in [0.1, 0.15) is 33.3 Å². The lowest BCUT2D eigenvalue weighted by molar-refractivity contribution is 0.269. The predicted molar refractivity (Wildman–Crippen MR) is 79.3 cm³/mol. The van der Waals surface area contributed by atoms with E-state index in [1.54, 1.807) is 17.7 Å². The van der Waals surface area contributed by atoms with Crippen molar-refractivity contribution in [2.24, 2.45) is 11.3 Å². The summed E-state index contributed by atoms with van der Waals surface area (Å²) >= 11 is 1.71. The molecule has 0 fully saturated rings. The molecule has 2 aromatic heterocycles. The number of nitrogens with zero attached hydrogens (tertiary/aromatic N) is 2. The van der Waals surface area contributed by atoms with Gasteiger partial charge in [0.25, 0.3) is 0 Å². The molecule has 0 saturated heterocycles. The summed E-state index contributed by atoms with van der Waals surface area (Å²) in [4.78, 5) is 8.71. The second-order valence-corrected chi connectivity index (χ2v) is 6.70. The number of hydrogen-bond acceptors (Lipinski definition) is 4. The van der Waals surface area contributed by atoms with Crippen LogP contribution in [0.3, 0.4) is 0 Å². The van der Waals surface area contributed by atoms with Crippen LogP contribution >= 0.6 is 11.3 Å². The Bertz CT molecular complexity index is 543. The molecule has 1 N–H and O–H groups in total. The second kappa shape index (κ2) is 4.84. The summed E-state index contributed by atoms with van der Waals surface area (Å²) in [7, 11) is 0. The fourth-order valence-electron chi connectivity index (χ4n) is 1.61. The van der Waals surface area contributed by atoms with Crippen LogP contribution in [0, 0.1) is 18.3 Å². The maximum Gasteiger partial charge on any atom is 0.147 e. The molecule has 0 aliphatic rings. The van der Waals surface area contributed by atoms with Crippen LogP contribution in [-0.2, 0) is 0 Å². The van der Waals surface area contributed by atoms with E-state index < -0.39 is 0 Å². The van der Waals surface area contributed by atoms with Crippen molar-refractivity contribution in [2.75, 3.05) is 11.9 Å². The predicted octanol–water partition coefficient (Wildman–Crippen LogP) is 4.09. The number of nitrogens with one attached hydrogen (secondary N) is 1. The summed E-state index contributed by atoms with van der Waals surface area (Å²) in [5.74, 6) is 1.60. The zero-order chi connectivity index (χ0) is 13.3. The summed E-state index contributed by atoms with van der Waals surface area (Å²) < 4.78 is 1.16. The summed E-state index contributed by atoms with van der Waals surface area (Å²) in [6, 6.07) is 0. The van der Waals surface area contributed by atoms with Crippen molar-refractivity contribution in [1.82, 2.24) is 9.97 Å². The number of thiophene rings is 1. The summed E-state index contributed by atoms with van der Waals surface area (Å²) in [5, 5.41) is 5.62. The molecule has 2 aromatic rings. The molecule has 18 heavy (non-hydrogen) atoms. The van der Waals surface area contributed by atoms with Gasteiger partial charge in [0.05, 0.1) is 10.2 Å². The van der Waals surface area contributed by atoms with Crippen LogP contribution in [0.4, 0.5) is 5.82 Å². The van der Waals surface area contributed by atoms with E-state index in [9.17, 15) is 0 Å². The Kier molecular flexibility index (Phi) is 3.57. The fraction of sp³-hybridized carbons (Fsp3) is 0.571. The van der Waals surface area contributed by atoms with E-state index in [2.05, 4.69) is 55.3 Å². The molecule has 0 aliphatic heterocycles. The Morgan fingerprint density at radius 1 is 1.33 bits per heavy atom. The van der Waals surface area contributed by atoms with Gasteiger partial charge in [-0.25, -0.2) is 9.97 Å². The first kappa shape index (κ1) is 13.3. The van der Waals surface area contributed by atoms with E-state index in [4.69, 9.17) is 0 Å². The van der Waals surface area contributed by atoms with Gasteiger partial charge in [0.2, 0.25) is 0 Å². The van der Waals surface area contributed by atoms with Crippen molar-refractivity contribution in [1.29, 1.82) is 0 Å². The molecule has 0 radical (unpaired) electrons. The molecule has 0 saturated carbocycles. The van der Waals surface area contributed by atoms with Crippen LogP contribution in [0.2, 0.25) is 0 Å². The van der Waals surface area contributed by atoms with E-state index >= 15 is 0 Å². The Morgan fingerprint density at radius 3 is 2.72 bits per heavy atom. The minimum Gasteiger partial charge on any atom is -0.368 e. The molecule has 0 aliphatic carbocycles. The molecule has 0 atom stereocenters. The summed E-state index contributed by atoms with van der Waals surface area (Å²) in [6.45, 7) is 12.1. The van der Waals surface area contributed by atoms with Crippen molar-refractivity contribution in [3.05, 3.63) is 17.3 Å². The van der Waals surface area contributed by atoms with Crippen LogP contribution in [0.15, 0.2) is 11.7 Å². The molecule has 2 rings (SSSR count). The molecular formula is C14H21N3S. The van der Waals surface area contributed by atoms with Gasteiger partial charge in [-0.3, -0.25) is 0 Å². The standard InChI is InChI=1S/C14H21N3S/c1-9(2)14(4,5)7-15-13-12-11(16-8-17-13)10(3)6-18-12/h6,8-9H,7H2,1-5H3,(H,15,16,17). The topological polar surface area (TPSA) is 37.8 Å². The average molecular weight is 263 g/mol. The minimum atomic E-state index is 0.254. The van der Waals surface area contributed by atoms with E-state index in [1.807, 2.05) is 0 Å². The van der Waals surface area contributed by atoms with Gasteiger partial charge >= 0.3 is 0 Å². The smallest absolute Gasteiger partial charge is 0.147 e. The third kappa shape index (κ3) is 2.48. The molecule has 0 bridgehead atoms. The van der Waals surface area contributed by atoms with Gasteiger partial charge in [0.15, 0.2) is 0 Å². The third-order valence-corrected chi connectivity index (χ3v) is 4.90. The van der Waals surface area contributed by atoms with Gasteiger partial charge in [-0.2, -0.15) is 0 Å². The van der Waals surface area contributed by atoms with Crippen LogP contribution in [-0.4, -0.2) is 16.5 Å². The molecule has 0 spiro atoms. The lowest BCUT2D eigenvalue weighted by Gasteiger charge is -2.29. The van der Waals surface area contributed by atoms with E-state index in [0.29, 0.717) is 5.92 Å². The first-order valence-electron chi connectivity index (χ1n) is 6.34. The Hall–Kier alpha value is -1.16. The van der Waals surface area contributed by atoms with Gasteiger partial charge in [-0.15, -0.1) is 11.3 Å². The Labute approximate surface area is 113 Å². The Balaban J connectivity index is 2.23. The van der Waals surface area contributed by atoms with Gasteiger partial charge in [0.1, 0.15) is 12.1 Å². The highest BCUT2D eigenvalue weighted by Crippen LogP contribution is 2.31. The number of aryl methyl sites for hydroxylation is 1. The number of rotatable bonds is 4. The second-order valence-electron chi connectivity index (χ2n) is 5.82. The van der Waals surface area contributed by atoms with Crippen molar-refractivity contribution in [3.8, 4) is 0 Å². The van der Waals surface area contributed by atoms with E-state index in [1.165, 1.54) is 5.56 Å². The lowest BCUT2D eigenvalue weighted by Crippen LogP contribution is -2.28. The Morgan fingerprint density at radius 2 is 2.06 bits per heavy atom. The largest absolute Gasteiger partial charge is 0.368 e. The highest BCUT2D eigenvalue weighted by Gasteiger charge is 2.22. The quantitative estimate of drug-likeness (QED) is 0.902. The maximum absolute atomic E-state index is 4.37. The summed E-state index contributed by atoms with van der Waals surface area (Å²) in [5.41, 5.74) is 2.55. The van der Waals surface area contributed by atoms with Crippen LogP contribution in [0.5, 0.6) is 0 Å². The average Bonchev–Trinajstić information content (AvgIpc) is 2.69. The van der Waals surface area contributed by atoms with Crippen LogP contribution in [0.25, 0.3) is 10.2 Å². The molecule has 0 unspecified atom stereocenters. The van der Waals surface area contributed by atoms with Crippen molar-refractivity contribution < 1.29 is 0 Å². The number of hydrogen-bond donors (Lipinski definition) is 1. The third-order valence-electron chi connectivity index (χ3n) is 3.81. The van der Waals surface area contributed by atoms with Crippen molar-refractivity contribution in [2.45, 2.75) is 34.6 Å². The zero-order valence-corrected chi connectivity index (χ0v) is 12.6. The number of fused-ring (bicyclic) bond motifs is 1. The number of aromatic nitrogens is 2. The van der Waals surface area contributed by atoms with Gasteiger partial charge in [-0.05, 0) is 29.2 Å². The molecule has 0 aromatic carbocycles. The van der Waals surface area contributed by atoms with E-state index in [0.717, 1.165) is 22.6 Å². The van der Waals surface area contributed by atoms with E-state index in [-0.39, 0.29) is 5.41 Å². The van der Waals surface area contributed by atoms with Crippen molar-refractivity contribution in [3.63, 3.8) is 0 Å². The van der Waals surface area contributed by atoms with Gasteiger partial charge < -0.3 is 5.32 Å². The summed E-state index contributed by atoms with van der Waals surface area (Å²) in [6.07, 6.45) is 1.65. The zero-order valence-electron chi connectivity index (χ0n) is 11.7. The van der Waals surface area contributed by atoms with Crippen molar-refractivity contribution >= 4 is 27.4 Å². The van der Waals surface area contributed by atoms with Gasteiger partial charge in [0, 0.05) is 6.54 Å². The molecule has 2 heterocycles. The number of anilines is 1. The minimum absolute atomic E-state index is 0.254. The first-order valence-corrected chi connectivity index (χ1v) is 7.22. The fourth-order valence-corrected chi connectivity index (χ4v) is 2.58. The highest BCUT2D eigenvalue weighted by molar-refractivity contribution is 7.18. The maximum atomic E-state index is 4.37. The normalized spacial score (nSPS) is 12.3. The highest BCUT2D eigenvalue weighted by atomic mass is 32.1. The lowest BCUT2D eigenvalue weighted by atomic mass is 9.81. The molecule has 98 valence electrons. The molecule has 3 nitrogen and oxygen atoms in total. The first-order chi connectivity index (χ1) is 8.42. The van der Waals surface area contributed by atoms with Gasteiger partial charge in [-0.1, -0.05) is 27.7 Å². The van der Waals surface area contributed by atoms with Crippen LogP contribution < -0.4 is 5.32 Å². The molecule has 4 heteroatoms.